The first-order chi connectivity index (χ1) is 9.58. The summed E-state index contributed by atoms with van der Waals surface area (Å²) in [5.41, 5.74) is 10.1. The van der Waals surface area contributed by atoms with Crippen LogP contribution in [0, 0.1) is 11.8 Å². The Bertz CT molecular complexity index is 467. The van der Waals surface area contributed by atoms with Gasteiger partial charge in [-0.1, -0.05) is 38.1 Å². The lowest BCUT2D eigenvalue weighted by molar-refractivity contribution is 0.142. The summed E-state index contributed by atoms with van der Waals surface area (Å²) in [4.78, 5) is 0. The molecule has 0 saturated heterocycles. The van der Waals surface area contributed by atoms with E-state index in [0.717, 1.165) is 5.92 Å². The second-order valence-corrected chi connectivity index (χ2v) is 7.51. The van der Waals surface area contributed by atoms with Crippen molar-refractivity contribution in [2.24, 2.45) is 17.6 Å². The highest BCUT2D eigenvalue weighted by Crippen LogP contribution is 2.44. The fourth-order valence-electron chi connectivity index (χ4n) is 4.55. The van der Waals surface area contributed by atoms with Crippen molar-refractivity contribution in [3.8, 4) is 0 Å². The fourth-order valence-corrected chi connectivity index (χ4v) is 4.55. The van der Waals surface area contributed by atoms with E-state index in [4.69, 9.17) is 5.73 Å². The van der Waals surface area contributed by atoms with Crippen LogP contribution in [-0.4, -0.2) is 5.54 Å². The van der Waals surface area contributed by atoms with Gasteiger partial charge in [-0.15, -0.1) is 0 Å². The van der Waals surface area contributed by atoms with Gasteiger partial charge < -0.3 is 5.73 Å². The SMILES string of the molecule is CC1CCC(N)(CC2CCCc3ccccc32)C(C)C1. The molecule has 1 fully saturated rings. The van der Waals surface area contributed by atoms with E-state index in [2.05, 4.69) is 38.1 Å². The van der Waals surface area contributed by atoms with Crippen LogP contribution in [0.5, 0.6) is 0 Å². The van der Waals surface area contributed by atoms with Crippen molar-refractivity contribution in [3.05, 3.63) is 35.4 Å². The van der Waals surface area contributed by atoms with Crippen molar-refractivity contribution >= 4 is 0 Å². The standard InChI is InChI=1S/C19H29N/c1-14-10-11-19(20,15(2)12-14)13-17-8-5-7-16-6-3-4-9-18(16)17/h3-4,6,9,14-15,17H,5,7-8,10-13,20H2,1-2H3. The molecule has 0 spiro atoms. The molecule has 0 aliphatic heterocycles. The zero-order chi connectivity index (χ0) is 14.2. The quantitative estimate of drug-likeness (QED) is 0.832. The average Bonchev–Trinajstić information content (AvgIpc) is 2.44. The molecule has 2 N–H and O–H groups in total. The van der Waals surface area contributed by atoms with E-state index in [9.17, 15) is 0 Å². The summed E-state index contributed by atoms with van der Waals surface area (Å²) < 4.78 is 0. The molecule has 110 valence electrons. The molecule has 2 aliphatic rings. The van der Waals surface area contributed by atoms with Crippen molar-refractivity contribution in [2.45, 2.75) is 70.3 Å². The minimum absolute atomic E-state index is 0.0711. The maximum Gasteiger partial charge on any atom is 0.0186 e. The zero-order valence-corrected chi connectivity index (χ0v) is 13.1. The molecule has 4 unspecified atom stereocenters. The lowest BCUT2D eigenvalue weighted by Crippen LogP contribution is -2.50. The molecule has 1 aromatic carbocycles. The van der Waals surface area contributed by atoms with Gasteiger partial charge >= 0.3 is 0 Å². The summed E-state index contributed by atoms with van der Waals surface area (Å²) in [6.07, 6.45) is 8.96. The van der Waals surface area contributed by atoms with Gasteiger partial charge in [0.25, 0.3) is 0 Å². The number of hydrogen-bond acceptors (Lipinski definition) is 1. The van der Waals surface area contributed by atoms with Crippen molar-refractivity contribution in [2.75, 3.05) is 0 Å². The van der Waals surface area contributed by atoms with Gasteiger partial charge in [-0.2, -0.15) is 0 Å². The van der Waals surface area contributed by atoms with Crippen LogP contribution in [0.1, 0.15) is 69.4 Å². The first-order valence-corrected chi connectivity index (χ1v) is 8.45. The molecule has 3 rings (SSSR count). The van der Waals surface area contributed by atoms with E-state index >= 15 is 0 Å². The molecule has 4 atom stereocenters. The number of rotatable bonds is 2. The minimum Gasteiger partial charge on any atom is -0.325 e. The Hall–Kier alpha value is -0.820. The van der Waals surface area contributed by atoms with Gasteiger partial charge in [-0.25, -0.2) is 0 Å². The predicted molar refractivity (Wildman–Crippen MR) is 85.8 cm³/mol. The van der Waals surface area contributed by atoms with Crippen LogP contribution in [0.3, 0.4) is 0 Å². The highest BCUT2D eigenvalue weighted by molar-refractivity contribution is 5.33. The van der Waals surface area contributed by atoms with Gasteiger partial charge in [0.2, 0.25) is 0 Å². The molecule has 20 heavy (non-hydrogen) atoms. The number of aryl methyl sites for hydroxylation is 1. The fraction of sp³-hybridized carbons (Fsp3) is 0.684. The Balaban J connectivity index is 1.78. The average molecular weight is 271 g/mol. The van der Waals surface area contributed by atoms with E-state index in [1.165, 1.54) is 44.9 Å². The monoisotopic (exact) mass is 271 g/mol. The third kappa shape index (κ3) is 2.65. The largest absolute Gasteiger partial charge is 0.325 e. The summed E-state index contributed by atoms with van der Waals surface area (Å²) in [6, 6.07) is 9.05. The maximum absolute atomic E-state index is 6.85. The topological polar surface area (TPSA) is 26.0 Å². The van der Waals surface area contributed by atoms with Crippen LogP contribution in [0.2, 0.25) is 0 Å². The normalized spacial score (nSPS) is 37.5. The van der Waals surface area contributed by atoms with Gasteiger partial charge in [0.15, 0.2) is 0 Å². The Kier molecular flexibility index (Phi) is 3.90. The number of benzene rings is 1. The molecule has 1 heteroatoms. The Morgan fingerprint density at radius 1 is 1.20 bits per heavy atom. The first kappa shape index (κ1) is 14.1. The van der Waals surface area contributed by atoms with E-state index in [0.29, 0.717) is 11.8 Å². The second kappa shape index (κ2) is 5.52. The Morgan fingerprint density at radius 2 is 2.00 bits per heavy atom. The van der Waals surface area contributed by atoms with E-state index in [1.807, 2.05) is 0 Å². The van der Waals surface area contributed by atoms with Crippen LogP contribution in [0.15, 0.2) is 24.3 Å². The van der Waals surface area contributed by atoms with Gasteiger partial charge in [0.05, 0.1) is 0 Å². The molecule has 2 aliphatic carbocycles. The van der Waals surface area contributed by atoms with Crippen LogP contribution in [0.25, 0.3) is 0 Å². The molecule has 0 heterocycles. The van der Waals surface area contributed by atoms with Crippen molar-refractivity contribution < 1.29 is 0 Å². The third-order valence-corrected chi connectivity index (χ3v) is 5.96. The number of nitrogens with two attached hydrogens (primary N) is 1. The summed E-state index contributed by atoms with van der Waals surface area (Å²) >= 11 is 0. The Morgan fingerprint density at radius 3 is 2.80 bits per heavy atom. The highest BCUT2D eigenvalue weighted by atomic mass is 14.8. The van der Waals surface area contributed by atoms with Crippen molar-refractivity contribution in [3.63, 3.8) is 0 Å². The highest BCUT2D eigenvalue weighted by Gasteiger charge is 2.39. The Labute approximate surface area is 124 Å². The van der Waals surface area contributed by atoms with Gasteiger partial charge in [-0.3, -0.25) is 0 Å². The molecule has 0 bridgehead atoms. The summed E-state index contributed by atoms with van der Waals surface area (Å²) in [6.45, 7) is 4.76. The van der Waals surface area contributed by atoms with Crippen LogP contribution in [-0.2, 0) is 6.42 Å². The third-order valence-electron chi connectivity index (χ3n) is 5.96. The van der Waals surface area contributed by atoms with Gasteiger partial charge in [0, 0.05) is 5.54 Å². The molecule has 0 radical (unpaired) electrons. The zero-order valence-electron chi connectivity index (χ0n) is 13.1. The van der Waals surface area contributed by atoms with E-state index in [1.54, 1.807) is 11.1 Å². The molecular formula is C19H29N. The molecular weight excluding hydrogens is 242 g/mol. The van der Waals surface area contributed by atoms with Crippen molar-refractivity contribution in [1.82, 2.24) is 0 Å². The van der Waals surface area contributed by atoms with Gasteiger partial charge in [0.1, 0.15) is 0 Å². The molecule has 1 nitrogen and oxygen atoms in total. The number of fused-ring (bicyclic) bond motifs is 1. The van der Waals surface area contributed by atoms with E-state index in [-0.39, 0.29) is 5.54 Å². The molecule has 0 amide bonds. The summed E-state index contributed by atoms with van der Waals surface area (Å²) in [5, 5.41) is 0. The van der Waals surface area contributed by atoms with Crippen molar-refractivity contribution in [1.29, 1.82) is 0 Å². The lowest BCUT2D eigenvalue weighted by Gasteiger charge is -2.45. The molecule has 1 aromatic rings. The maximum atomic E-state index is 6.85. The smallest absolute Gasteiger partial charge is 0.0186 e. The summed E-state index contributed by atoms with van der Waals surface area (Å²) in [7, 11) is 0. The minimum atomic E-state index is 0.0711. The number of hydrogen-bond donors (Lipinski definition) is 1. The second-order valence-electron chi connectivity index (χ2n) is 7.51. The molecule has 1 saturated carbocycles. The van der Waals surface area contributed by atoms with Crippen LogP contribution >= 0.6 is 0 Å². The van der Waals surface area contributed by atoms with Crippen LogP contribution in [0.4, 0.5) is 0 Å². The summed E-state index contributed by atoms with van der Waals surface area (Å²) in [5.74, 6) is 2.22. The predicted octanol–water partition coefficient (Wildman–Crippen LogP) is 4.65. The molecule has 0 aromatic heterocycles. The van der Waals surface area contributed by atoms with E-state index < -0.39 is 0 Å². The first-order valence-electron chi connectivity index (χ1n) is 8.45. The van der Waals surface area contributed by atoms with Gasteiger partial charge in [-0.05, 0) is 73.8 Å². The lowest BCUT2D eigenvalue weighted by atomic mass is 9.65. The van der Waals surface area contributed by atoms with Crippen LogP contribution < -0.4 is 5.73 Å².